The molecule has 0 amide bonds. The van der Waals surface area contributed by atoms with Crippen LogP contribution >= 0.6 is 0 Å². The van der Waals surface area contributed by atoms with E-state index in [2.05, 4.69) is 20.6 Å². The van der Waals surface area contributed by atoms with Crippen LogP contribution in [0, 0.1) is 0 Å². The first-order chi connectivity index (χ1) is 5.76. The zero-order chi connectivity index (χ0) is 8.97. The molecule has 0 saturated carbocycles. The van der Waals surface area contributed by atoms with Crippen molar-refractivity contribution in [2.45, 2.75) is 6.92 Å². The number of nitrogens with two attached hydrogens (primary N) is 1. The number of anilines is 3. The monoisotopic (exact) mass is 167 g/mol. The average Bonchev–Trinajstić information content (AvgIpc) is 2.04. The molecule has 1 aromatic heterocycles. The molecule has 5 heteroatoms. The fraction of sp³-hybridized carbons (Fsp3) is 0.429. The first-order valence-corrected chi connectivity index (χ1v) is 3.82. The van der Waals surface area contributed by atoms with Gasteiger partial charge < -0.3 is 16.4 Å². The summed E-state index contributed by atoms with van der Waals surface area (Å²) in [6, 6.07) is 1.81. The molecule has 0 aliphatic heterocycles. The van der Waals surface area contributed by atoms with Crippen molar-refractivity contribution in [1.29, 1.82) is 0 Å². The van der Waals surface area contributed by atoms with Crippen molar-refractivity contribution in [2.24, 2.45) is 0 Å². The quantitative estimate of drug-likeness (QED) is 0.612. The van der Waals surface area contributed by atoms with E-state index in [1.165, 1.54) is 0 Å². The van der Waals surface area contributed by atoms with Gasteiger partial charge in [0.2, 0.25) is 5.95 Å². The summed E-state index contributed by atoms with van der Waals surface area (Å²) < 4.78 is 0. The summed E-state index contributed by atoms with van der Waals surface area (Å²) in [5, 5.41) is 5.95. The molecule has 0 spiro atoms. The molecule has 5 nitrogen and oxygen atoms in total. The van der Waals surface area contributed by atoms with E-state index in [0.717, 1.165) is 18.2 Å². The maximum Gasteiger partial charge on any atom is 0.223 e. The highest BCUT2D eigenvalue weighted by molar-refractivity contribution is 5.50. The molecule has 0 radical (unpaired) electrons. The van der Waals surface area contributed by atoms with Crippen LogP contribution in [-0.2, 0) is 0 Å². The molecule has 0 fully saturated rings. The van der Waals surface area contributed by atoms with Gasteiger partial charge in [0.15, 0.2) is 0 Å². The van der Waals surface area contributed by atoms with E-state index in [0.29, 0.717) is 0 Å². The molecule has 0 aliphatic rings. The standard InChI is InChI=1S/C7H13N5/c1-3-10-6-4-5(9-2)11-7(8)12-6/h4H,3H2,1-2H3,(H4,8,9,10,11,12). The van der Waals surface area contributed by atoms with Gasteiger partial charge in [-0.2, -0.15) is 9.97 Å². The Morgan fingerprint density at radius 2 is 2.08 bits per heavy atom. The topological polar surface area (TPSA) is 75.9 Å². The molecule has 0 bridgehead atoms. The minimum Gasteiger partial charge on any atom is -0.373 e. The van der Waals surface area contributed by atoms with E-state index in [4.69, 9.17) is 5.73 Å². The fourth-order valence-electron chi connectivity index (χ4n) is 0.866. The fourth-order valence-corrected chi connectivity index (χ4v) is 0.866. The molecule has 0 aliphatic carbocycles. The highest BCUT2D eigenvalue weighted by Crippen LogP contribution is 2.10. The Hall–Kier alpha value is -1.52. The summed E-state index contributed by atoms with van der Waals surface area (Å²) in [7, 11) is 1.79. The molecule has 0 aromatic carbocycles. The van der Waals surface area contributed by atoms with Gasteiger partial charge in [0.1, 0.15) is 11.6 Å². The van der Waals surface area contributed by atoms with Gasteiger partial charge >= 0.3 is 0 Å². The van der Waals surface area contributed by atoms with Crippen LogP contribution in [0.2, 0.25) is 0 Å². The van der Waals surface area contributed by atoms with Crippen molar-refractivity contribution in [3.63, 3.8) is 0 Å². The summed E-state index contributed by atoms with van der Waals surface area (Å²) in [4.78, 5) is 7.94. The Labute approximate surface area is 71.4 Å². The maximum atomic E-state index is 5.46. The number of rotatable bonds is 3. The van der Waals surface area contributed by atoms with Crippen LogP contribution in [0.4, 0.5) is 17.6 Å². The largest absolute Gasteiger partial charge is 0.373 e. The van der Waals surface area contributed by atoms with Gasteiger partial charge in [-0.05, 0) is 6.92 Å². The minimum atomic E-state index is 0.276. The number of nitrogen functional groups attached to an aromatic ring is 1. The number of aromatic nitrogens is 2. The third kappa shape index (κ3) is 1.98. The van der Waals surface area contributed by atoms with Crippen molar-refractivity contribution in [2.75, 3.05) is 30.0 Å². The Morgan fingerprint density at radius 3 is 2.67 bits per heavy atom. The third-order valence-corrected chi connectivity index (χ3v) is 1.36. The molecular weight excluding hydrogens is 154 g/mol. The van der Waals surface area contributed by atoms with Gasteiger partial charge in [-0.1, -0.05) is 0 Å². The van der Waals surface area contributed by atoms with E-state index in [1.807, 2.05) is 6.92 Å². The van der Waals surface area contributed by atoms with E-state index < -0.39 is 0 Å². The number of nitrogens with zero attached hydrogens (tertiary/aromatic N) is 2. The van der Waals surface area contributed by atoms with Crippen LogP contribution in [0.1, 0.15) is 6.92 Å². The molecule has 1 heterocycles. The van der Waals surface area contributed by atoms with E-state index in [-0.39, 0.29) is 5.95 Å². The van der Waals surface area contributed by atoms with E-state index in [1.54, 1.807) is 13.1 Å². The first kappa shape index (κ1) is 8.58. The molecule has 0 atom stereocenters. The zero-order valence-electron chi connectivity index (χ0n) is 7.26. The average molecular weight is 167 g/mol. The van der Waals surface area contributed by atoms with Crippen molar-refractivity contribution < 1.29 is 0 Å². The maximum absolute atomic E-state index is 5.46. The van der Waals surface area contributed by atoms with Crippen molar-refractivity contribution in [3.05, 3.63) is 6.07 Å². The highest BCUT2D eigenvalue weighted by atomic mass is 15.1. The van der Waals surface area contributed by atoms with Crippen LogP contribution in [0.5, 0.6) is 0 Å². The molecular formula is C7H13N5. The van der Waals surface area contributed by atoms with Gasteiger partial charge in [-0.25, -0.2) is 0 Å². The van der Waals surface area contributed by atoms with Crippen LogP contribution < -0.4 is 16.4 Å². The number of nitrogens with one attached hydrogen (secondary N) is 2. The first-order valence-electron chi connectivity index (χ1n) is 3.82. The summed E-state index contributed by atoms with van der Waals surface area (Å²) in [5.74, 6) is 1.74. The second-order valence-electron chi connectivity index (χ2n) is 2.28. The molecule has 12 heavy (non-hydrogen) atoms. The Balaban J connectivity index is 2.90. The summed E-state index contributed by atoms with van der Waals surface area (Å²) >= 11 is 0. The van der Waals surface area contributed by atoms with Crippen LogP contribution in [0.15, 0.2) is 6.07 Å². The van der Waals surface area contributed by atoms with Crippen LogP contribution in [0.3, 0.4) is 0 Å². The molecule has 1 aromatic rings. The number of hydrogen-bond acceptors (Lipinski definition) is 5. The number of hydrogen-bond donors (Lipinski definition) is 3. The van der Waals surface area contributed by atoms with Gasteiger partial charge in [0.05, 0.1) is 0 Å². The van der Waals surface area contributed by atoms with Gasteiger partial charge in [-0.3, -0.25) is 0 Å². The van der Waals surface area contributed by atoms with Crippen molar-refractivity contribution >= 4 is 17.6 Å². The predicted molar refractivity (Wildman–Crippen MR) is 50.2 cm³/mol. The lowest BCUT2D eigenvalue weighted by atomic mass is 10.5. The normalized spacial score (nSPS) is 9.50. The summed E-state index contributed by atoms with van der Waals surface area (Å²) in [5.41, 5.74) is 5.46. The molecule has 0 unspecified atom stereocenters. The third-order valence-electron chi connectivity index (χ3n) is 1.36. The van der Waals surface area contributed by atoms with Crippen LogP contribution in [0.25, 0.3) is 0 Å². The summed E-state index contributed by atoms with van der Waals surface area (Å²) in [6.45, 7) is 2.82. The SMILES string of the molecule is CCNc1cc(NC)nc(N)n1. The smallest absolute Gasteiger partial charge is 0.223 e. The van der Waals surface area contributed by atoms with Crippen molar-refractivity contribution in [1.82, 2.24) is 9.97 Å². The molecule has 0 saturated heterocycles. The van der Waals surface area contributed by atoms with Gasteiger partial charge in [-0.15, -0.1) is 0 Å². The van der Waals surface area contributed by atoms with Crippen molar-refractivity contribution in [3.8, 4) is 0 Å². The lowest BCUT2D eigenvalue weighted by Crippen LogP contribution is -2.05. The van der Waals surface area contributed by atoms with Gasteiger partial charge in [0.25, 0.3) is 0 Å². The summed E-state index contributed by atoms with van der Waals surface area (Å²) in [6.07, 6.45) is 0. The predicted octanol–water partition coefficient (Wildman–Crippen LogP) is 0.532. The molecule has 1 rings (SSSR count). The Bertz CT molecular complexity index is 260. The zero-order valence-corrected chi connectivity index (χ0v) is 7.26. The van der Waals surface area contributed by atoms with Gasteiger partial charge in [0, 0.05) is 19.7 Å². The molecule has 66 valence electrons. The second kappa shape index (κ2) is 3.75. The highest BCUT2D eigenvalue weighted by Gasteiger charge is 1.98. The minimum absolute atomic E-state index is 0.276. The van der Waals surface area contributed by atoms with E-state index in [9.17, 15) is 0 Å². The second-order valence-corrected chi connectivity index (χ2v) is 2.28. The lowest BCUT2D eigenvalue weighted by molar-refractivity contribution is 1.12. The Kier molecular flexibility index (Phi) is 2.68. The van der Waals surface area contributed by atoms with Crippen LogP contribution in [-0.4, -0.2) is 23.6 Å². The Morgan fingerprint density at radius 1 is 1.42 bits per heavy atom. The van der Waals surface area contributed by atoms with E-state index >= 15 is 0 Å². The molecule has 4 N–H and O–H groups in total. The lowest BCUT2D eigenvalue weighted by Gasteiger charge is -2.05.